The third-order valence-electron chi connectivity index (χ3n) is 4.54. The van der Waals surface area contributed by atoms with Gasteiger partial charge in [0.2, 0.25) is 0 Å². The van der Waals surface area contributed by atoms with Crippen LogP contribution in [0.1, 0.15) is 12.8 Å². The van der Waals surface area contributed by atoms with Gasteiger partial charge in [-0.2, -0.15) is 0 Å². The number of hydrogen-bond acceptors (Lipinski definition) is 2. The molecule has 0 aliphatic heterocycles. The van der Waals surface area contributed by atoms with Crippen molar-refractivity contribution in [3.05, 3.63) is 100 Å². The van der Waals surface area contributed by atoms with E-state index < -0.39 is 21.1 Å². The van der Waals surface area contributed by atoms with E-state index in [1.807, 2.05) is 48.5 Å². The molecule has 2 aromatic carbocycles. The van der Waals surface area contributed by atoms with E-state index in [0.717, 1.165) is 33.3 Å². The van der Waals surface area contributed by atoms with Gasteiger partial charge in [-0.05, 0) is 0 Å². The molecule has 2 aromatic rings. The van der Waals surface area contributed by atoms with E-state index in [1.165, 1.54) is 6.56 Å². The number of allylic oxidation sites excluding steroid dienone is 8. The molecule has 2 aliphatic carbocycles. The molecule has 5 heteroatoms. The van der Waals surface area contributed by atoms with Crippen LogP contribution in [0.2, 0.25) is 0 Å². The van der Waals surface area contributed by atoms with Crippen LogP contribution >= 0.6 is 31.9 Å². The number of hydrogen-bond donors (Lipinski definition) is 0. The van der Waals surface area contributed by atoms with Crippen molar-refractivity contribution in [1.82, 2.24) is 0 Å². The summed E-state index contributed by atoms with van der Waals surface area (Å²) >= 11 is 3.15. The molecule has 0 atom stereocenters. The van der Waals surface area contributed by atoms with Crippen LogP contribution in [0.4, 0.5) is 0 Å². The van der Waals surface area contributed by atoms with E-state index in [9.17, 15) is 0 Å². The van der Waals surface area contributed by atoms with Crippen LogP contribution in [-0.4, -0.2) is 0 Å². The Kier molecular flexibility index (Phi) is 6.01. The van der Waals surface area contributed by atoms with Crippen molar-refractivity contribution in [2.24, 2.45) is 0 Å². The molecular formula is C22H18Br2O2Zr. The zero-order valence-corrected chi connectivity index (χ0v) is 20.2. The van der Waals surface area contributed by atoms with Gasteiger partial charge < -0.3 is 0 Å². The van der Waals surface area contributed by atoms with E-state index in [0.29, 0.717) is 0 Å². The molecule has 2 nitrogen and oxygen atoms in total. The summed E-state index contributed by atoms with van der Waals surface area (Å²) in [5.74, 6) is 1.71. The first-order valence-electron chi connectivity index (χ1n) is 8.77. The molecule has 0 N–H and O–H groups in total. The zero-order valence-electron chi connectivity index (χ0n) is 14.6. The monoisotopic (exact) mass is 562 g/mol. The van der Waals surface area contributed by atoms with Gasteiger partial charge in [-0.3, -0.25) is 0 Å². The Hall–Kier alpha value is -1.16. The summed E-state index contributed by atoms with van der Waals surface area (Å²) in [6, 6.07) is 16.1. The van der Waals surface area contributed by atoms with Gasteiger partial charge in [0.1, 0.15) is 0 Å². The third-order valence-corrected chi connectivity index (χ3v) is 14.1. The van der Waals surface area contributed by atoms with Crippen LogP contribution in [0.15, 0.2) is 100 Å². The maximum absolute atomic E-state index is 6.80. The summed E-state index contributed by atoms with van der Waals surface area (Å²) in [5.41, 5.74) is 0. The Labute approximate surface area is 182 Å². The molecule has 0 fully saturated rings. The molecule has 136 valence electrons. The molecule has 2 aliphatic rings. The second kappa shape index (κ2) is 8.47. The van der Waals surface area contributed by atoms with E-state index >= 15 is 0 Å². The Balaban J connectivity index is 1.77. The second-order valence-corrected chi connectivity index (χ2v) is 15.4. The van der Waals surface area contributed by atoms with Crippen LogP contribution in [0.5, 0.6) is 11.5 Å². The molecule has 0 aromatic heterocycles. The summed E-state index contributed by atoms with van der Waals surface area (Å²) < 4.78 is 18.3. The number of benzene rings is 2. The van der Waals surface area contributed by atoms with Crippen LogP contribution in [0.25, 0.3) is 0 Å². The van der Waals surface area contributed by atoms with Crippen LogP contribution in [0, 0.1) is 0 Å². The quantitative estimate of drug-likeness (QED) is 0.365. The Morgan fingerprint density at radius 1 is 0.630 bits per heavy atom. The molecule has 0 bridgehead atoms. The average molecular weight is 565 g/mol. The number of halogens is 2. The van der Waals surface area contributed by atoms with Gasteiger partial charge in [0.05, 0.1) is 0 Å². The molecule has 0 unspecified atom stereocenters. The first-order chi connectivity index (χ1) is 13.2. The van der Waals surface area contributed by atoms with Gasteiger partial charge in [-0.1, -0.05) is 0 Å². The summed E-state index contributed by atoms with van der Waals surface area (Å²) in [4.78, 5) is 0. The molecule has 0 amide bonds. The normalized spacial score (nSPS) is 15.6. The molecule has 27 heavy (non-hydrogen) atoms. The topological polar surface area (TPSA) is 18.5 Å². The molecule has 0 saturated carbocycles. The van der Waals surface area contributed by atoms with Gasteiger partial charge >= 0.3 is 183 Å². The average Bonchev–Trinajstić information content (AvgIpc) is 3.39. The Morgan fingerprint density at radius 3 is 1.37 bits per heavy atom. The predicted octanol–water partition coefficient (Wildman–Crippen LogP) is 7.34. The molecule has 0 saturated heterocycles. The second-order valence-electron chi connectivity index (χ2n) is 6.38. The number of rotatable bonds is 6. The minimum absolute atomic E-state index is 0.853. The van der Waals surface area contributed by atoms with Crippen molar-refractivity contribution in [3.8, 4) is 11.5 Å². The minimum atomic E-state index is -3.85. The van der Waals surface area contributed by atoms with Crippen molar-refractivity contribution in [2.45, 2.75) is 12.8 Å². The summed E-state index contributed by atoms with van der Waals surface area (Å²) in [6.45, 7) is 0. The Morgan fingerprint density at radius 2 is 1.04 bits per heavy atom. The molecule has 0 heterocycles. The standard InChI is InChI=1S/2C6H5BrO.2C5H5.Zr/c2*7-5-1-3-6(8)4-2-5;2*1-2-4-5-3-1;/h2*1-4,8H;2*1-3H,4H2;/q;;;;+2/p-2. The van der Waals surface area contributed by atoms with Crippen molar-refractivity contribution >= 4 is 31.9 Å². The van der Waals surface area contributed by atoms with Gasteiger partial charge in [-0.15, -0.1) is 0 Å². The van der Waals surface area contributed by atoms with Crippen LogP contribution < -0.4 is 5.63 Å². The van der Waals surface area contributed by atoms with E-state index in [2.05, 4.69) is 68.3 Å². The first-order valence-corrected chi connectivity index (χ1v) is 14.8. The Bertz CT molecular complexity index is 862. The fraction of sp³-hybridized carbons (Fsp3) is 0.0909. The van der Waals surface area contributed by atoms with Crippen LogP contribution in [0.3, 0.4) is 0 Å². The molecule has 4 rings (SSSR count). The summed E-state index contributed by atoms with van der Waals surface area (Å²) in [5, 5.41) is 0. The SMILES string of the molecule is Brc1ccc([O][Zr]([O]c2ccc(Br)cc2)([C]2=CC=CC2)[C]2=CC=CC2)cc1. The van der Waals surface area contributed by atoms with E-state index in [-0.39, 0.29) is 0 Å². The van der Waals surface area contributed by atoms with E-state index in [1.54, 1.807) is 0 Å². The zero-order chi connectivity index (χ0) is 18.7. The summed E-state index contributed by atoms with van der Waals surface area (Å²) in [6.07, 6.45) is 14.7. The fourth-order valence-corrected chi connectivity index (χ4v) is 11.9. The van der Waals surface area contributed by atoms with Crippen molar-refractivity contribution in [1.29, 1.82) is 0 Å². The fourth-order valence-electron chi connectivity index (χ4n) is 3.21. The third kappa shape index (κ3) is 4.31. The van der Waals surface area contributed by atoms with Crippen LogP contribution in [-0.2, 0) is 21.1 Å². The van der Waals surface area contributed by atoms with Gasteiger partial charge in [-0.25, -0.2) is 0 Å². The van der Waals surface area contributed by atoms with Gasteiger partial charge in [0.25, 0.3) is 0 Å². The van der Waals surface area contributed by atoms with E-state index in [4.69, 9.17) is 5.63 Å². The maximum atomic E-state index is 6.80. The predicted molar refractivity (Wildman–Crippen MR) is 113 cm³/mol. The van der Waals surface area contributed by atoms with Gasteiger partial charge in [0, 0.05) is 0 Å². The van der Waals surface area contributed by atoms with Crippen molar-refractivity contribution < 1.29 is 26.8 Å². The summed E-state index contributed by atoms with van der Waals surface area (Å²) in [7, 11) is 0. The molecular weight excluding hydrogens is 547 g/mol. The van der Waals surface area contributed by atoms with Gasteiger partial charge in [0.15, 0.2) is 0 Å². The van der Waals surface area contributed by atoms with Crippen molar-refractivity contribution in [3.63, 3.8) is 0 Å². The first kappa shape index (κ1) is 19.2. The molecule has 0 spiro atoms. The molecule has 0 radical (unpaired) electrons. The van der Waals surface area contributed by atoms with Crippen molar-refractivity contribution in [2.75, 3.05) is 0 Å².